The van der Waals surface area contributed by atoms with Crippen molar-refractivity contribution < 1.29 is 8.42 Å². The molecule has 0 amide bonds. The van der Waals surface area contributed by atoms with E-state index in [0.717, 1.165) is 19.3 Å². The summed E-state index contributed by atoms with van der Waals surface area (Å²) in [4.78, 5) is 0. The number of hydrogen-bond donors (Lipinski definition) is 0. The third-order valence-corrected chi connectivity index (χ3v) is 5.60. The minimum atomic E-state index is -3.02. The zero-order valence-corrected chi connectivity index (χ0v) is 12.3. The highest BCUT2D eigenvalue weighted by Crippen LogP contribution is 2.26. The fourth-order valence-electron chi connectivity index (χ4n) is 2.50. The van der Waals surface area contributed by atoms with E-state index in [2.05, 4.69) is 13.8 Å². The highest BCUT2D eigenvalue weighted by atomic mass is 32.2. The van der Waals surface area contributed by atoms with E-state index in [1.165, 1.54) is 12.8 Å². The maximum atomic E-state index is 12.3. The van der Waals surface area contributed by atoms with Gasteiger partial charge in [-0.1, -0.05) is 33.6 Å². The molecular formula is C13H27NO2S. The first kappa shape index (κ1) is 15.0. The molecule has 0 saturated heterocycles. The van der Waals surface area contributed by atoms with Gasteiger partial charge in [0.25, 0.3) is 0 Å². The smallest absolute Gasteiger partial charge is 0.212 e. The Morgan fingerprint density at radius 2 is 1.82 bits per heavy atom. The van der Waals surface area contributed by atoms with Crippen molar-refractivity contribution in [2.24, 2.45) is 5.92 Å². The molecular weight excluding hydrogens is 234 g/mol. The molecule has 0 bridgehead atoms. The first-order valence-corrected chi connectivity index (χ1v) is 8.57. The van der Waals surface area contributed by atoms with E-state index in [-0.39, 0.29) is 6.04 Å². The molecule has 1 aliphatic carbocycles. The monoisotopic (exact) mass is 261 g/mol. The summed E-state index contributed by atoms with van der Waals surface area (Å²) >= 11 is 0. The van der Waals surface area contributed by atoms with Crippen LogP contribution in [-0.4, -0.2) is 31.1 Å². The lowest BCUT2D eigenvalue weighted by Gasteiger charge is -2.28. The maximum Gasteiger partial charge on any atom is 0.214 e. The normalized spacial score (nSPS) is 18.4. The molecule has 0 heterocycles. The van der Waals surface area contributed by atoms with Crippen LogP contribution in [0.2, 0.25) is 0 Å². The Labute approximate surface area is 107 Å². The van der Waals surface area contributed by atoms with E-state index >= 15 is 0 Å². The summed E-state index contributed by atoms with van der Waals surface area (Å²) < 4.78 is 26.3. The Balaban J connectivity index is 2.70. The van der Waals surface area contributed by atoms with Crippen LogP contribution in [0.3, 0.4) is 0 Å². The molecule has 102 valence electrons. The van der Waals surface area contributed by atoms with Crippen molar-refractivity contribution in [3.8, 4) is 0 Å². The molecule has 0 aromatic carbocycles. The molecule has 1 rings (SSSR count). The van der Waals surface area contributed by atoms with Crippen LogP contribution in [0.1, 0.15) is 59.3 Å². The maximum absolute atomic E-state index is 12.3. The fraction of sp³-hybridized carbons (Fsp3) is 1.00. The van der Waals surface area contributed by atoms with Gasteiger partial charge in [0.1, 0.15) is 0 Å². The van der Waals surface area contributed by atoms with Crippen LogP contribution in [0.15, 0.2) is 0 Å². The van der Waals surface area contributed by atoms with Crippen LogP contribution in [0, 0.1) is 5.92 Å². The lowest BCUT2D eigenvalue weighted by molar-refractivity contribution is 0.304. The van der Waals surface area contributed by atoms with E-state index in [9.17, 15) is 8.42 Å². The van der Waals surface area contributed by atoms with Gasteiger partial charge in [-0.3, -0.25) is 0 Å². The molecule has 17 heavy (non-hydrogen) atoms. The molecule has 0 aromatic rings. The zero-order chi connectivity index (χ0) is 12.9. The van der Waals surface area contributed by atoms with Gasteiger partial charge in [0.15, 0.2) is 0 Å². The molecule has 0 N–H and O–H groups in total. The van der Waals surface area contributed by atoms with Crippen molar-refractivity contribution in [3.63, 3.8) is 0 Å². The number of rotatable bonds is 7. The topological polar surface area (TPSA) is 37.4 Å². The summed E-state index contributed by atoms with van der Waals surface area (Å²) in [6.07, 6.45) is 6.17. The Morgan fingerprint density at radius 3 is 2.29 bits per heavy atom. The fourth-order valence-corrected chi connectivity index (χ4v) is 4.30. The van der Waals surface area contributed by atoms with Gasteiger partial charge in [-0.05, 0) is 31.6 Å². The zero-order valence-electron chi connectivity index (χ0n) is 11.5. The lowest BCUT2D eigenvalue weighted by Crippen LogP contribution is -2.41. The number of hydrogen-bond acceptors (Lipinski definition) is 2. The Morgan fingerprint density at radius 1 is 1.24 bits per heavy atom. The van der Waals surface area contributed by atoms with E-state index < -0.39 is 10.0 Å². The molecule has 0 unspecified atom stereocenters. The van der Waals surface area contributed by atoms with Crippen LogP contribution in [-0.2, 0) is 10.0 Å². The van der Waals surface area contributed by atoms with Gasteiger partial charge >= 0.3 is 0 Å². The SMILES string of the molecule is CCCS(=O)(=O)N(CCC(C)C)C1CCCC1. The first-order chi connectivity index (χ1) is 7.97. The molecule has 1 fully saturated rings. The second-order valence-electron chi connectivity index (χ2n) is 5.55. The molecule has 0 aliphatic heterocycles. The third-order valence-electron chi connectivity index (χ3n) is 3.48. The van der Waals surface area contributed by atoms with Gasteiger partial charge in [-0.15, -0.1) is 0 Å². The second-order valence-corrected chi connectivity index (χ2v) is 7.59. The molecule has 1 aliphatic rings. The van der Waals surface area contributed by atoms with Gasteiger partial charge in [-0.2, -0.15) is 4.31 Å². The molecule has 1 saturated carbocycles. The minimum absolute atomic E-state index is 0.283. The molecule has 3 nitrogen and oxygen atoms in total. The average Bonchev–Trinajstić information content (AvgIpc) is 2.70. The van der Waals surface area contributed by atoms with Crippen LogP contribution >= 0.6 is 0 Å². The van der Waals surface area contributed by atoms with Crippen molar-refractivity contribution in [1.82, 2.24) is 4.31 Å². The minimum Gasteiger partial charge on any atom is -0.212 e. The van der Waals surface area contributed by atoms with Gasteiger partial charge in [0, 0.05) is 12.6 Å². The van der Waals surface area contributed by atoms with E-state index in [0.29, 0.717) is 24.6 Å². The number of nitrogens with zero attached hydrogens (tertiary/aromatic N) is 1. The Hall–Kier alpha value is -0.0900. The predicted octanol–water partition coefficient (Wildman–Crippen LogP) is 3.02. The second kappa shape index (κ2) is 6.74. The predicted molar refractivity (Wildman–Crippen MR) is 72.5 cm³/mol. The Bertz CT molecular complexity index is 305. The van der Waals surface area contributed by atoms with Crippen LogP contribution in [0.5, 0.6) is 0 Å². The highest BCUT2D eigenvalue weighted by molar-refractivity contribution is 7.89. The standard InChI is InChI=1S/C13H27NO2S/c1-4-11-17(15,16)14(10-9-12(2)3)13-7-5-6-8-13/h12-13H,4-11H2,1-3H3. The molecule has 0 radical (unpaired) electrons. The molecule has 0 aromatic heterocycles. The highest BCUT2D eigenvalue weighted by Gasteiger charge is 2.30. The van der Waals surface area contributed by atoms with E-state index in [4.69, 9.17) is 0 Å². The average molecular weight is 261 g/mol. The van der Waals surface area contributed by atoms with Gasteiger partial charge in [0.05, 0.1) is 5.75 Å². The first-order valence-electron chi connectivity index (χ1n) is 6.97. The summed E-state index contributed by atoms with van der Waals surface area (Å²) in [6, 6.07) is 0.283. The molecule has 0 atom stereocenters. The van der Waals surface area contributed by atoms with Crippen LogP contribution < -0.4 is 0 Å². The molecule has 4 heteroatoms. The van der Waals surface area contributed by atoms with Crippen LogP contribution in [0.25, 0.3) is 0 Å². The lowest BCUT2D eigenvalue weighted by atomic mass is 10.1. The molecule has 0 spiro atoms. The van der Waals surface area contributed by atoms with E-state index in [1.807, 2.05) is 11.2 Å². The summed E-state index contributed by atoms with van der Waals surface area (Å²) in [5.74, 6) is 0.873. The van der Waals surface area contributed by atoms with Gasteiger partial charge in [-0.25, -0.2) is 8.42 Å². The van der Waals surface area contributed by atoms with Gasteiger partial charge < -0.3 is 0 Å². The summed E-state index contributed by atoms with van der Waals surface area (Å²) in [6.45, 7) is 6.95. The van der Waals surface area contributed by atoms with Crippen molar-refractivity contribution >= 4 is 10.0 Å². The summed E-state index contributed by atoms with van der Waals surface area (Å²) in [5, 5.41) is 0. The van der Waals surface area contributed by atoms with Crippen molar-refractivity contribution in [2.45, 2.75) is 65.3 Å². The van der Waals surface area contributed by atoms with Crippen molar-refractivity contribution in [1.29, 1.82) is 0 Å². The van der Waals surface area contributed by atoms with E-state index in [1.54, 1.807) is 0 Å². The summed E-state index contributed by atoms with van der Waals surface area (Å²) in [7, 11) is -3.02. The van der Waals surface area contributed by atoms with Crippen molar-refractivity contribution in [2.75, 3.05) is 12.3 Å². The van der Waals surface area contributed by atoms with Crippen LogP contribution in [0.4, 0.5) is 0 Å². The largest absolute Gasteiger partial charge is 0.214 e. The quantitative estimate of drug-likeness (QED) is 0.706. The third kappa shape index (κ3) is 4.59. The number of sulfonamides is 1. The Kier molecular flexibility index (Phi) is 5.93. The van der Waals surface area contributed by atoms with Crippen molar-refractivity contribution in [3.05, 3.63) is 0 Å². The summed E-state index contributed by atoms with van der Waals surface area (Å²) in [5.41, 5.74) is 0. The van der Waals surface area contributed by atoms with Gasteiger partial charge in [0.2, 0.25) is 10.0 Å².